The van der Waals surface area contributed by atoms with E-state index in [1.807, 2.05) is 44.2 Å². The van der Waals surface area contributed by atoms with E-state index >= 15 is 0 Å². The summed E-state index contributed by atoms with van der Waals surface area (Å²) in [7, 11) is 0. The molecule has 1 aromatic heterocycles. The summed E-state index contributed by atoms with van der Waals surface area (Å²) in [6, 6.07) is 17.6. The third-order valence-corrected chi connectivity index (χ3v) is 11.3. The Morgan fingerprint density at radius 1 is 1.04 bits per heavy atom. The number of nitrogens with one attached hydrogen (secondary N) is 4. The molecule has 1 amide bonds. The van der Waals surface area contributed by atoms with Crippen LogP contribution < -0.4 is 27.0 Å². The van der Waals surface area contributed by atoms with E-state index in [9.17, 15) is 30.0 Å². The zero-order valence-corrected chi connectivity index (χ0v) is 30.8. The lowest BCUT2D eigenvalue weighted by atomic mass is 9.99. The van der Waals surface area contributed by atoms with Crippen molar-refractivity contribution >= 4 is 28.9 Å². The quantitative estimate of drug-likeness (QED) is 0.100. The summed E-state index contributed by atoms with van der Waals surface area (Å²) >= 11 is 1.70. The van der Waals surface area contributed by atoms with Gasteiger partial charge in [-0.3, -0.25) is 9.59 Å². The molecule has 14 nitrogen and oxygen atoms in total. The average molecular weight is 754 g/mol. The molecule has 3 fully saturated rings. The van der Waals surface area contributed by atoms with E-state index in [1.165, 1.54) is 4.88 Å². The third kappa shape index (κ3) is 9.80. The second-order valence-electron chi connectivity index (χ2n) is 14.2. The van der Waals surface area contributed by atoms with Crippen LogP contribution in [0.15, 0.2) is 54.6 Å². The molecule has 9 atom stereocenters. The first kappa shape index (κ1) is 39.2. The first-order valence-corrected chi connectivity index (χ1v) is 19.0. The minimum atomic E-state index is -1.59. The highest BCUT2D eigenvalue weighted by Gasteiger charge is 2.44. The van der Waals surface area contributed by atoms with Crippen LogP contribution in [0, 0.1) is 6.92 Å². The number of amides is 1. The van der Waals surface area contributed by atoms with E-state index in [2.05, 4.69) is 45.5 Å². The molecule has 3 heterocycles. The van der Waals surface area contributed by atoms with E-state index < -0.39 is 49.3 Å². The number of aliphatic hydroxyl groups excluding tert-OH is 4. The summed E-state index contributed by atoms with van der Waals surface area (Å²) in [5, 5.41) is 52.8. The van der Waals surface area contributed by atoms with Crippen LogP contribution in [0.4, 0.5) is 5.69 Å². The summed E-state index contributed by atoms with van der Waals surface area (Å²) in [6.45, 7) is 5.51. The van der Waals surface area contributed by atoms with Crippen molar-refractivity contribution in [3.05, 3.63) is 76.2 Å². The standard InChI is InChI=1S/C38H51N5O9S/c1-20-6-7-25(43-26-15-40-16-26)14-29(20)36(48)42-21(2)22-4-3-5-23(12-22)32-11-10-28(53-32)17-41-24-8-9-27(13-24)51-37(49)30(39)19-50-38-35(47)34(46)33(45)31(18-44)52-38/h3-7,10-12,14,21,24,26-27,30-31,33-35,38,40-41,43-47H,8-9,13,15-19,39H2,1-2H3,(H,42,48)/t21-,24+,27-,30+,31-,33-,34+,35-,38-/m1/s1. The molecular formula is C38H51N5O9S. The van der Waals surface area contributed by atoms with Crippen molar-refractivity contribution in [1.82, 2.24) is 16.0 Å². The Labute approximate surface area is 313 Å². The summed E-state index contributed by atoms with van der Waals surface area (Å²) < 4.78 is 16.3. The van der Waals surface area contributed by atoms with Gasteiger partial charge in [0.05, 0.1) is 25.3 Å². The number of ether oxygens (including phenoxy) is 3. The van der Waals surface area contributed by atoms with E-state index in [1.54, 1.807) is 11.3 Å². The van der Waals surface area contributed by atoms with Crippen molar-refractivity contribution in [2.24, 2.45) is 5.73 Å². The molecule has 6 rings (SSSR count). The first-order valence-electron chi connectivity index (χ1n) is 18.2. The maximum absolute atomic E-state index is 13.3. The van der Waals surface area contributed by atoms with Gasteiger partial charge in [-0.2, -0.15) is 0 Å². The highest BCUT2D eigenvalue weighted by atomic mass is 32.1. The normalized spacial score (nSPS) is 27.1. The number of rotatable bonds is 15. The highest BCUT2D eigenvalue weighted by Crippen LogP contribution is 2.31. The van der Waals surface area contributed by atoms with Crippen LogP contribution in [0.5, 0.6) is 0 Å². The van der Waals surface area contributed by atoms with E-state index in [4.69, 9.17) is 19.9 Å². The van der Waals surface area contributed by atoms with Gasteiger partial charge in [-0.15, -0.1) is 11.3 Å². The average Bonchev–Trinajstić information content (AvgIpc) is 3.81. The minimum absolute atomic E-state index is 0.104. The SMILES string of the molecule is Cc1ccc(NC2CNC2)cc1C(=O)N[C@H](C)c1cccc(-c2ccc(CN[C@H]3CC[C@@H](OC(=O)[C@@H](N)CO[C@@H]4O[C@H](CO)[C@@H](O)[C@H](O)[C@H]4O)C3)s2)c1. The summed E-state index contributed by atoms with van der Waals surface area (Å²) in [4.78, 5) is 28.3. The third-order valence-electron chi connectivity index (χ3n) is 10.1. The van der Waals surface area contributed by atoms with Gasteiger partial charge in [0.2, 0.25) is 0 Å². The van der Waals surface area contributed by atoms with Crippen molar-refractivity contribution in [2.45, 2.75) is 101 Å². The molecule has 53 heavy (non-hydrogen) atoms. The molecule has 0 radical (unpaired) electrons. The van der Waals surface area contributed by atoms with Crippen LogP contribution in [0.1, 0.15) is 58.6 Å². The molecule has 2 saturated heterocycles. The Morgan fingerprint density at radius 2 is 1.85 bits per heavy atom. The van der Waals surface area contributed by atoms with Crippen LogP contribution >= 0.6 is 11.3 Å². The fourth-order valence-electron chi connectivity index (χ4n) is 6.73. The number of nitrogens with two attached hydrogens (primary N) is 1. The van der Waals surface area contributed by atoms with Crippen LogP contribution in [0.3, 0.4) is 0 Å². The van der Waals surface area contributed by atoms with Crippen molar-refractivity contribution in [3.8, 4) is 10.4 Å². The molecule has 2 aromatic carbocycles. The lowest BCUT2D eigenvalue weighted by molar-refractivity contribution is -0.301. The number of aliphatic hydroxyl groups is 4. The summed E-state index contributed by atoms with van der Waals surface area (Å²) in [6.07, 6.45) is -5.34. The molecule has 0 bridgehead atoms. The first-order chi connectivity index (χ1) is 25.5. The van der Waals surface area contributed by atoms with Gasteiger partial charge in [0, 0.05) is 46.7 Å². The number of carbonyl (C=O) groups is 2. The molecule has 2 aliphatic heterocycles. The lowest BCUT2D eigenvalue weighted by Crippen LogP contribution is -2.59. The van der Waals surface area contributed by atoms with Gasteiger partial charge >= 0.3 is 5.97 Å². The predicted octanol–water partition coefficient (Wildman–Crippen LogP) is 1.30. The van der Waals surface area contributed by atoms with Crippen LogP contribution in [-0.2, 0) is 25.5 Å². The Balaban J connectivity index is 0.944. The molecule has 0 unspecified atom stereocenters. The van der Waals surface area contributed by atoms with Gasteiger partial charge in [-0.05, 0) is 80.1 Å². The number of thiophene rings is 1. The van der Waals surface area contributed by atoms with Gasteiger partial charge in [-0.25, -0.2) is 0 Å². The maximum Gasteiger partial charge on any atom is 0.325 e. The van der Waals surface area contributed by atoms with Crippen molar-refractivity contribution in [2.75, 3.05) is 31.6 Å². The fourth-order valence-corrected chi connectivity index (χ4v) is 7.69. The number of benzene rings is 2. The molecule has 1 aliphatic carbocycles. The van der Waals surface area contributed by atoms with Crippen molar-refractivity contribution < 1.29 is 44.2 Å². The predicted molar refractivity (Wildman–Crippen MR) is 199 cm³/mol. The van der Waals surface area contributed by atoms with Gasteiger partial charge in [0.15, 0.2) is 6.29 Å². The number of esters is 1. The minimum Gasteiger partial charge on any atom is -0.461 e. The number of aryl methyl sites for hydroxylation is 1. The fraction of sp³-hybridized carbons (Fsp3) is 0.526. The molecule has 10 N–H and O–H groups in total. The number of hydrogen-bond donors (Lipinski definition) is 9. The topological polar surface area (TPSA) is 217 Å². The van der Waals surface area contributed by atoms with E-state index in [-0.39, 0.29) is 30.7 Å². The zero-order valence-electron chi connectivity index (χ0n) is 29.9. The smallest absolute Gasteiger partial charge is 0.325 e. The van der Waals surface area contributed by atoms with Crippen LogP contribution in [-0.4, -0.2) is 114 Å². The molecule has 3 aliphatic rings. The monoisotopic (exact) mass is 753 g/mol. The Hall–Kier alpha value is -3.48. The summed E-state index contributed by atoms with van der Waals surface area (Å²) in [5.74, 6) is -0.758. The largest absolute Gasteiger partial charge is 0.461 e. The number of carbonyl (C=O) groups excluding carboxylic acids is 2. The molecular weight excluding hydrogens is 703 g/mol. The second kappa shape index (κ2) is 17.8. The Morgan fingerprint density at radius 3 is 2.60 bits per heavy atom. The van der Waals surface area contributed by atoms with Gasteiger partial charge in [-0.1, -0.05) is 24.3 Å². The number of anilines is 1. The summed E-state index contributed by atoms with van der Waals surface area (Å²) in [5.41, 5.74) is 10.6. The van der Waals surface area contributed by atoms with Crippen LogP contribution in [0.2, 0.25) is 0 Å². The Bertz CT molecular complexity index is 1700. The van der Waals surface area contributed by atoms with Crippen LogP contribution in [0.25, 0.3) is 10.4 Å². The van der Waals surface area contributed by atoms with Crippen molar-refractivity contribution in [1.29, 1.82) is 0 Å². The maximum atomic E-state index is 13.3. The molecule has 1 saturated carbocycles. The number of hydrogen-bond acceptors (Lipinski definition) is 14. The lowest BCUT2D eigenvalue weighted by Gasteiger charge is -2.39. The van der Waals surface area contributed by atoms with Gasteiger partial charge in [0.1, 0.15) is 36.6 Å². The zero-order chi connectivity index (χ0) is 37.6. The van der Waals surface area contributed by atoms with Gasteiger partial charge in [0.25, 0.3) is 5.91 Å². The van der Waals surface area contributed by atoms with Crippen molar-refractivity contribution in [3.63, 3.8) is 0 Å². The Kier molecular flexibility index (Phi) is 13.2. The highest BCUT2D eigenvalue weighted by molar-refractivity contribution is 7.15. The van der Waals surface area contributed by atoms with Gasteiger partial charge < -0.3 is 61.6 Å². The molecule has 15 heteroatoms. The van der Waals surface area contributed by atoms with E-state index in [0.29, 0.717) is 31.0 Å². The molecule has 3 aromatic rings. The van der Waals surface area contributed by atoms with E-state index in [0.717, 1.165) is 46.8 Å². The molecule has 0 spiro atoms. The molecule has 288 valence electrons. The second-order valence-corrected chi connectivity index (χ2v) is 15.4.